The molecule has 3 heteroatoms. The average Bonchev–Trinajstić information content (AvgIpc) is 2.66. The molecule has 0 aliphatic carbocycles. The van der Waals surface area contributed by atoms with Crippen LogP contribution in [-0.4, -0.2) is 11.4 Å². The van der Waals surface area contributed by atoms with Crippen LogP contribution in [0.4, 0.5) is 0 Å². The summed E-state index contributed by atoms with van der Waals surface area (Å²) in [5.74, 6) is 0. The number of nitrogens with zero attached hydrogens (tertiary/aromatic N) is 1. The van der Waals surface area contributed by atoms with E-state index in [4.69, 9.17) is 0 Å². The highest BCUT2D eigenvalue weighted by atomic mass is 79.9. The first kappa shape index (κ1) is 12.4. The lowest BCUT2D eigenvalue weighted by Gasteiger charge is -2.19. The van der Waals surface area contributed by atoms with Crippen LogP contribution in [0.5, 0.6) is 0 Å². The Morgan fingerprint density at radius 1 is 1.22 bits per heavy atom. The number of fused-ring (bicyclic) bond motifs is 1. The molecule has 1 aromatic heterocycles. The first-order valence-electron chi connectivity index (χ1n) is 6.33. The normalized spacial score (nSPS) is 16.3. The lowest BCUT2D eigenvalue weighted by atomic mass is 10.0. The summed E-state index contributed by atoms with van der Waals surface area (Å²) in [5, 5.41) is 2.17. The molecule has 0 spiro atoms. The van der Waals surface area contributed by atoms with E-state index in [1.165, 1.54) is 39.9 Å². The summed E-state index contributed by atoms with van der Waals surface area (Å²) in [6.07, 6.45) is 2.49. The lowest BCUT2D eigenvalue weighted by molar-refractivity contribution is 0.263. The number of hydrogen-bond acceptors (Lipinski definition) is 2. The van der Waals surface area contributed by atoms with Gasteiger partial charge in [0.05, 0.1) is 0 Å². The van der Waals surface area contributed by atoms with Gasteiger partial charge in [0.1, 0.15) is 0 Å². The summed E-state index contributed by atoms with van der Waals surface area (Å²) < 4.78 is 1.21. The van der Waals surface area contributed by atoms with Crippen molar-refractivity contribution in [3.63, 3.8) is 0 Å². The molecule has 0 saturated heterocycles. The van der Waals surface area contributed by atoms with Gasteiger partial charge < -0.3 is 0 Å². The topological polar surface area (TPSA) is 3.24 Å². The molecule has 0 N–H and O–H groups in total. The number of rotatable bonds is 2. The molecule has 0 radical (unpaired) electrons. The standard InChI is InChI=1S/C15H16BrNS/c16-14-8-15(18-11-14)10-17-7-3-6-12-4-1-2-5-13(12)9-17/h1-2,4-5,8,11H,3,6-7,9-10H2. The van der Waals surface area contributed by atoms with Crippen LogP contribution in [0.1, 0.15) is 22.4 Å². The van der Waals surface area contributed by atoms with Crippen molar-refractivity contribution in [3.05, 3.63) is 56.2 Å². The summed E-state index contributed by atoms with van der Waals surface area (Å²) in [6, 6.07) is 11.1. The van der Waals surface area contributed by atoms with Crippen molar-refractivity contribution in [2.24, 2.45) is 0 Å². The third-order valence-electron chi connectivity index (χ3n) is 3.43. The lowest BCUT2D eigenvalue weighted by Crippen LogP contribution is -2.22. The molecule has 0 fully saturated rings. The molecule has 0 amide bonds. The SMILES string of the molecule is Brc1csc(CN2CCCc3ccccc3C2)c1. The van der Waals surface area contributed by atoms with E-state index in [0.717, 1.165) is 13.1 Å². The monoisotopic (exact) mass is 321 g/mol. The number of benzene rings is 1. The fourth-order valence-electron chi connectivity index (χ4n) is 2.56. The van der Waals surface area contributed by atoms with Crippen molar-refractivity contribution >= 4 is 27.3 Å². The van der Waals surface area contributed by atoms with E-state index >= 15 is 0 Å². The highest BCUT2D eigenvalue weighted by molar-refractivity contribution is 9.10. The van der Waals surface area contributed by atoms with Gasteiger partial charge in [-0.05, 0) is 52.5 Å². The second-order valence-corrected chi connectivity index (χ2v) is 6.73. The summed E-state index contributed by atoms with van der Waals surface area (Å²) >= 11 is 5.37. The smallest absolute Gasteiger partial charge is 0.0331 e. The van der Waals surface area contributed by atoms with Crippen LogP contribution in [0.2, 0.25) is 0 Å². The van der Waals surface area contributed by atoms with Crippen molar-refractivity contribution in [2.75, 3.05) is 6.54 Å². The second kappa shape index (κ2) is 5.55. The van der Waals surface area contributed by atoms with Crippen LogP contribution >= 0.6 is 27.3 Å². The highest BCUT2D eigenvalue weighted by Crippen LogP contribution is 2.24. The predicted molar refractivity (Wildman–Crippen MR) is 80.9 cm³/mol. The Morgan fingerprint density at radius 3 is 2.83 bits per heavy atom. The quantitative estimate of drug-likeness (QED) is 0.789. The zero-order valence-corrected chi connectivity index (χ0v) is 12.6. The van der Waals surface area contributed by atoms with Crippen molar-refractivity contribution < 1.29 is 0 Å². The molecule has 2 heterocycles. The minimum absolute atomic E-state index is 1.07. The Morgan fingerprint density at radius 2 is 2.06 bits per heavy atom. The van der Waals surface area contributed by atoms with Crippen LogP contribution in [0, 0.1) is 0 Å². The van der Waals surface area contributed by atoms with Gasteiger partial charge in [0.2, 0.25) is 0 Å². The van der Waals surface area contributed by atoms with Crippen LogP contribution in [0.25, 0.3) is 0 Å². The molecule has 0 saturated carbocycles. The van der Waals surface area contributed by atoms with Gasteiger partial charge in [-0.2, -0.15) is 0 Å². The van der Waals surface area contributed by atoms with E-state index in [0.29, 0.717) is 0 Å². The number of halogens is 1. The van der Waals surface area contributed by atoms with Gasteiger partial charge in [0.25, 0.3) is 0 Å². The maximum atomic E-state index is 3.53. The Kier molecular flexibility index (Phi) is 3.83. The molecule has 0 atom stereocenters. The summed E-state index contributed by atoms with van der Waals surface area (Å²) in [7, 11) is 0. The van der Waals surface area contributed by atoms with Gasteiger partial charge >= 0.3 is 0 Å². The van der Waals surface area contributed by atoms with E-state index in [1.807, 2.05) is 11.3 Å². The van der Waals surface area contributed by atoms with E-state index in [9.17, 15) is 0 Å². The summed E-state index contributed by atoms with van der Waals surface area (Å²) in [4.78, 5) is 4.01. The maximum absolute atomic E-state index is 3.53. The minimum Gasteiger partial charge on any atom is -0.294 e. The fourth-order valence-corrected chi connectivity index (χ4v) is 4.05. The van der Waals surface area contributed by atoms with E-state index in [1.54, 1.807) is 0 Å². The molecule has 1 aliphatic heterocycles. The Hall–Kier alpha value is -0.640. The molecule has 94 valence electrons. The molecule has 1 aromatic carbocycles. The molecule has 3 rings (SSSR count). The van der Waals surface area contributed by atoms with Gasteiger partial charge in [-0.3, -0.25) is 4.90 Å². The summed E-state index contributed by atoms with van der Waals surface area (Å²) in [6.45, 7) is 3.36. The van der Waals surface area contributed by atoms with Crippen LogP contribution in [0.15, 0.2) is 40.2 Å². The predicted octanol–water partition coefficient (Wildman–Crippen LogP) is 4.46. The van der Waals surface area contributed by atoms with Crippen LogP contribution in [-0.2, 0) is 19.5 Å². The minimum atomic E-state index is 1.07. The molecular weight excluding hydrogens is 306 g/mol. The maximum Gasteiger partial charge on any atom is 0.0331 e. The number of aryl methyl sites for hydroxylation is 1. The molecule has 1 aliphatic rings. The molecular formula is C15H16BrNS. The summed E-state index contributed by atoms with van der Waals surface area (Å²) in [5.41, 5.74) is 3.04. The molecule has 18 heavy (non-hydrogen) atoms. The molecule has 0 unspecified atom stereocenters. The van der Waals surface area contributed by atoms with Gasteiger partial charge in [-0.15, -0.1) is 11.3 Å². The van der Waals surface area contributed by atoms with Gasteiger partial charge in [0, 0.05) is 27.8 Å². The molecule has 1 nitrogen and oxygen atoms in total. The van der Waals surface area contributed by atoms with Crippen molar-refractivity contribution in [1.29, 1.82) is 0 Å². The fraction of sp³-hybridized carbons (Fsp3) is 0.333. The van der Waals surface area contributed by atoms with Crippen molar-refractivity contribution in [1.82, 2.24) is 4.90 Å². The zero-order chi connectivity index (χ0) is 12.4. The van der Waals surface area contributed by atoms with Gasteiger partial charge in [0.15, 0.2) is 0 Å². The van der Waals surface area contributed by atoms with Crippen molar-refractivity contribution in [3.8, 4) is 0 Å². The number of thiophene rings is 1. The zero-order valence-electron chi connectivity index (χ0n) is 10.2. The highest BCUT2D eigenvalue weighted by Gasteiger charge is 2.14. The number of hydrogen-bond donors (Lipinski definition) is 0. The Balaban J connectivity index is 1.75. The van der Waals surface area contributed by atoms with Gasteiger partial charge in [-0.1, -0.05) is 24.3 Å². The Labute approximate surface area is 121 Å². The third kappa shape index (κ3) is 2.85. The second-order valence-electron chi connectivity index (χ2n) is 4.81. The van der Waals surface area contributed by atoms with E-state index in [2.05, 4.69) is 56.5 Å². The van der Waals surface area contributed by atoms with Crippen molar-refractivity contribution in [2.45, 2.75) is 25.9 Å². The first-order chi connectivity index (χ1) is 8.81. The van der Waals surface area contributed by atoms with Gasteiger partial charge in [-0.25, -0.2) is 0 Å². The van der Waals surface area contributed by atoms with E-state index in [-0.39, 0.29) is 0 Å². The molecule has 0 bridgehead atoms. The van der Waals surface area contributed by atoms with Crippen LogP contribution in [0.3, 0.4) is 0 Å². The third-order valence-corrected chi connectivity index (χ3v) is 5.12. The average molecular weight is 322 g/mol. The largest absolute Gasteiger partial charge is 0.294 e. The van der Waals surface area contributed by atoms with E-state index < -0.39 is 0 Å². The molecule has 2 aromatic rings. The van der Waals surface area contributed by atoms with Crippen LogP contribution < -0.4 is 0 Å². The first-order valence-corrected chi connectivity index (χ1v) is 8.00. The Bertz CT molecular complexity index is 535.